The Morgan fingerprint density at radius 3 is 2.16 bits per heavy atom. The summed E-state index contributed by atoms with van der Waals surface area (Å²) in [6.45, 7) is 6.42. The predicted octanol–water partition coefficient (Wildman–Crippen LogP) is 3.62. The molecule has 5 rings (SSSR count). The number of carboxylic acid groups (broad SMARTS) is 1. The van der Waals surface area contributed by atoms with Gasteiger partial charge in [0.05, 0.1) is 6.54 Å². The molecule has 4 atom stereocenters. The lowest BCUT2D eigenvalue weighted by Crippen LogP contribution is -2.60. The Morgan fingerprint density at radius 2 is 1.55 bits per heavy atom. The van der Waals surface area contributed by atoms with E-state index in [2.05, 4.69) is 21.3 Å². The molecule has 1 aliphatic heterocycles. The molecular formula is C38H49N5O8. The zero-order valence-corrected chi connectivity index (χ0v) is 29.7. The van der Waals surface area contributed by atoms with Gasteiger partial charge in [0.15, 0.2) is 0 Å². The average Bonchev–Trinajstić information content (AvgIpc) is 3.76. The number of benzene rings is 2. The molecule has 13 nitrogen and oxygen atoms in total. The Labute approximate surface area is 298 Å². The van der Waals surface area contributed by atoms with Gasteiger partial charge >= 0.3 is 5.97 Å². The first-order valence-corrected chi connectivity index (χ1v) is 17.8. The van der Waals surface area contributed by atoms with Crippen LogP contribution in [0.15, 0.2) is 48.5 Å². The smallest absolute Gasteiger partial charge is 0.329 e. The molecule has 1 heterocycles. The minimum Gasteiger partial charge on any atom is -0.488 e. The Morgan fingerprint density at radius 1 is 0.882 bits per heavy atom. The van der Waals surface area contributed by atoms with Gasteiger partial charge in [-0.05, 0) is 72.9 Å². The molecule has 0 spiro atoms. The van der Waals surface area contributed by atoms with Gasteiger partial charge in [-0.3, -0.25) is 24.0 Å². The number of carboxylic acids is 1. The molecule has 0 aromatic heterocycles. The van der Waals surface area contributed by atoms with Crippen LogP contribution in [0.3, 0.4) is 0 Å². The average molecular weight is 704 g/mol. The molecule has 2 aromatic carbocycles. The number of carbonyl (C=O) groups is 6. The van der Waals surface area contributed by atoms with Crippen molar-refractivity contribution in [1.29, 1.82) is 0 Å². The van der Waals surface area contributed by atoms with Crippen LogP contribution in [0.25, 0.3) is 11.1 Å². The fourth-order valence-electron chi connectivity index (χ4n) is 7.15. The van der Waals surface area contributed by atoms with E-state index >= 15 is 0 Å². The van der Waals surface area contributed by atoms with Gasteiger partial charge in [0.2, 0.25) is 29.5 Å². The van der Waals surface area contributed by atoms with Crippen molar-refractivity contribution in [1.82, 2.24) is 20.9 Å². The maximum absolute atomic E-state index is 14.4. The maximum atomic E-state index is 14.4. The minimum absolute atomic E-state index is 0.0239. The summed E-state index contributed by atoms with van der Waals surface area (Å²) < 4.78 is 6.37. The molecule has 3 aliphatic rings. The Hall–Kier alpha value is -4.94. The van der Waals surface area contributed by atoms with Crippen LogP contribution in [0.1, 0.15) is 79.1 Å². The molecular weight excluding hydrogens is 654 g/mol. The monoisotopic (exact) mass is 703 g/mol. The van der Waals surface area contributed by atoms with Gasteiger partial charge in [-0.15, -0.1) is 0 Å². The van der Waals surface area contributed by atoms with Gasteiger partial charge in [-0.2, -0.15) is 0 Å². The summed E-state index contributed by atoms with van der Waals surface area (Å²) in [5.41, 5.74) is 0.958. The number of nitrogens with zero attached hydrogens (tertiary/aromatic N) is 1. The molecule has 51 heavy (non-hydrogen) atoms. The molecule has 0 radical (unpaired) electrons. The zero-order chi connectivity index (χ0) is 36.9. The SMILES string of the molecule is CC(=O)Nc1cccc(-c2cccc(O[C@@H]3C[C@@H](C(=O)NC4(C(=O)O)CC4)N(C(=O)[C@@H](NC(=O)[C@@H](NC(C)=O)C4CCCCC4)C(C)C)C3)c2)c1. The molecule has 2 aliphatic carbocycles. The largest absolute Gasteiger partial charge is 0.488 e. The molecule has 2 aromatic rings. The van der Waals surface area contributed by atoms with E-state index in [1.54, 1.807) is 26.0 Å². The topological polar surface area (TPSA) is 183 Å². The molecule has 274 valence electrons. The fraction of sp³-hybridized carbons (Fsp3) is 0.526. The van der Waals surface area contributed by atoms with E-state index in [-0.39, 0.29) is 36.6 Å². The lowest BCUT2D eigenvalue weighted by Gasteiger charge is -2.34. The van der Waals surface area contributed by atoms with E-state index in [4.69, 9.17) is 4.74 Å². The van der Waals surface area contributed by atoms with E-state index in [0.29, 0.717) is 24.3 Å². The van der Waals surface area contributed by atoms with E-state index < -0.39 is 53.5 Å². The predicted molar refractivity (Wildman–Crippen MR) is 189 cm³/mol. The van der Waals surface area contributed by atoms with Crippen LogP contribution in [0.5, 0.6) is 5.75 Å². The molecule has 0 bridgehead atoms. The van der Waals surface area contributed by atoms with Crippen LogP contribution in [0, 0.1) is 11.8 Å². The summed E-state index contributed by atoms with van der Waals surface area (Å²) in [6, 6.07) is 11.9. The normalized spacial score (nSPS) is 20.8. The Bertz CT molecular complexity index is 1650. The molecule has 3 fully saturated rings. The number of hydrogen-bond acceptors (Lipinski definition) is 7. The van der Waals surface area contributed by atoms with Gasteiger partial charge in [0.1, 0.15) is 35.5 Å². The number of rotatable bonds is 13. The van der Waals surface area contributed by atoms with Crippen molar-refractivity contribution < 1.29 is 38.6 Å². The number of ether oxygens (including phenoxy) is 1. The van der Waals surface area contributed by atoms with Crippen molar-refractivity contribution in [2.24, 2.45) is 11.8 Å². The van der Waals surface area contributed by atoms with Crippen LogP contribution in [0.4, 0.5) is 5.69 Å². The van der Waals surface area contributed by atoms with Gasteiger partial charge in [0, 0.05) is 26.0 Å². The van der Waals surface area contributed by atoms with E-state index in [9.17, 15) is 33.9 Å². The van der Waals surface area contributed by atoms with Gasteiger partial charge < -0.3 is 36.0 Å². The maximum Gasteiger partial charge on any atom is 0.329 e. The number of anilines is 1. The van der Waals surface area contributed by atoms with Gasteiger partial charge in [-0.25, -0.2) is 4.79 Å². The van der Waals surface area contributed by atoms with E-state index in [1.165, 1.54) is 18.7 Å². The number of nitrogens with one attached hydrogen (secondary N) is 4. The standard InChI is InChI=1S/C38H49N5O8/c1-22(2)32(41-35(47)33(40-24(4)45)25-10-6-5-7-11-25)36(48)43-21-30(20-31(43)34(46)42-38(16-17-38)37(49)50)51-29-15-9-13-27(19-29)26-12-8-14-28(18-26)39-23(3)44/h8-9,12-15,18-19,22,25,30-33H,5-7,10-11,16-17,20-21H2,1-4H3,(H,39,44)(H,40,45)(H,41,47)(H,42,46)(H,49,50)/t30-,31+,32+,33+/m1/s1. The van der Waals surface area contributed by atoms with E-state index in [1.807, 2.05) is 36.4 Å². The lowest BCUT2D eigenvalue weighted by molar-refractivity contribution is -0.146. The number of aliphatic carboxylic acids is 1. The molecule has 0 unspecified atom stereocenters. The van der Waals surface area contributed by atoms with Gasteiger partial charge in [0.25, 0.3) is 0 Å². The third-order valence-electron chi connectivity index (χ3n) is 10.0. The first kappa shape index (κ1) is 37.3. The van der Waals surface area contributed by atoms with E-state index in [0.717, 1.165) is 43.2 Å². The minimum atomic E-state index is -1.36. The Balaban J connectivity index is 1.37. The summed E-state index contributed by atoms with van der Waals surface area (Å²) in [6.07, 6.45) is 4.63. The van der Waals surface area contributed by atoms with Crippen molar-refractivity contribution >= 4 is 41.2 Å². The first-order valence-electron chi connectivity index (χ1n) is 17.8. The van der Waals surface area contributed by atoms with Crippen molar-refractivity contribution in [3.05, 3.63) is 48.5 Å². The highest BCUT2D eigenvalue weighted by Gasteiger charge is 2.54. The Kier molecular flexibility index (Phi) is 11.7. The number of carbonyl (C=O) groups excluding carboxylic acids is 5. The van der Waals surface area contributed by atoms with Crippen molar-refractivity contribution in [2.75, 3.05) is 11.9 Å². The highest BCUT2D eigenvalue weighted by Crippen LogP contribution is 2.37. The summed E-state index contributed by atoms with van der Waals surface area (Å²) in [7, 11) is 0. The fourth-order valence-corrected chi connectivity index (χ4v) is 7.15. The second kappa shape index (κ2) is 15.9. The quantitative estimate of drug-likeness (QED) is 0.210. The second-order valence-corrected chi connectivity index (χ2v) is 14.5. The van der Waals surface area contributed by atoms with Crippen LogP contribution in [-0.4, -0.2) is 81.8 Å². The summed E-state index contributed by atoms with van der Waals surface area (Å²) >= 11 is 0. The van der Waals surface area contributed by atoms with Crippen molar-refractivity contribution in [2.45, 2.75) is 109 Å². The third kappa shape index (κ3) is 9.25. The molecule has 2 saturated carbocycles. The number of hydrogen-bond donors (Lipinski definition) is 5. The van der Waals surface area contributed by atoms with Crippen molar-refractivity contribution in [3.8, 4) is 16.9 Å². The number of likely N-dealkylation sites (tertiary alicyclic amines) is 1. The molecule has 5 N–H and O–H groups in total. The molecule has 13 heteroatoms. The zero-order valence-electron chi connectivity index (χ0n) is 29.7. The third-order valence-corrected chi connectivity index (χ3v) is 10.0. The summed E-state index contributed by atoms with van der Waals surface area (Å²) in [5, 5.41) is 20.9. The highest BCUT2D eigenvalue weighted by atomic mass is 16.5. The molecule has 1 saturated heterocycles. The van der Waals surface area contributed by atoms with Gasteiger partial charge in [-0.1, -0.05) is 57.4 Å². The highest BCUT2D eigenvalue weighted by molar-refractivity contribution is 5.97. The number of amides is 5. The lowest BCUT2D eigenvalue weighted by atomic mass is 9.83. The van der Waals surface area contributed by atoms with Crippen LogP contribution < -0.4 is 26.0 Å². The molecule has 5 amide bonds. The van der Waals surface area contributed by atoms with Crippen molar-refractivity contribution in [3.63, 3.8) is 0 Å². The van der Waals surface area contributed by atoms with Crippen LogP contribution >= 0.6 is 0 Å². The van der Waals surface area contributed by atoms with Crippen LogP contribution in [-0.2, 0) is 28.8 Å². The first-order chi connectivity index (χ1) is 24.3. The van der Waals surface area contributed by atoms with Crippen LogP contribution in [0.2, 0.25) is 0 Å². The second-order valence-electron chi connectivity index (χ2n) is 14.5. The summed E-state index contributed by atoms with van der Waals surface area (Å²) in [5.74, 6) is -3.09. The summed E-state index contributed by atoms with van der Waals surface area (Å²) in [4.78, 5) is 78.9.